The van der Waals surface area contributed by atoms with E-state index in [0.717, 1.165) is 24.1 Å². The van der Waals surface area contributed by atoms with Crippen LogP contribution in [0.5, 0.6) is 0 Å². The van der Waals surface area contributed by atoms with Crippen LogP contribution in [-0.2, 0) is 20.9 Å². The maximum Gasteiger partial charge on any atom is 0.490 e. The number of aliphatic carboxylic acids is 1. The van der Waals surface area contributed by atoms with Gasteiger partial charge in [-0.3, -0.25) is 9.78 Å². The first-order valence-corrected chi connectivity index (χ1v) is 10.3. The predicted molar refractivity (Wildman–Crippen MR) is 109 cm³/mol. The number of alkyl halides is 3. The molecule has 1 aliphatic heterocycles. The zero-order valence-corrected chi connectivity index (χ0v) is 17.9. The summed E-state index contributed by atoms with van der Waals surface area (Å²) in [4.78, 5) is 32.3. The van der Waals surface area contributed by atoms with Gasteiger partial charge in [0.15, 0.2) is 0 Å². The summed E-state index contributed by atoms with van der Waals surface area (Å²) in [6, 6.07) is 9.52. The first kappa shape index (κ1) is 24.6. The van der Waals surface area contributed by atoms with Crippen molar-refractivity contribution in [1.82, 2.24) is 14.9 Å². The number of hydrogen-bond acceptors (Lipinski definition) is 6. The van der Waals surface area contributed by atoms with Crippen molar-refractivity contribution >= 4 is 11.9 Å². The second-order valence-electron chi connectivity index (χ2n) is 7.66. The maximum absolute atomic E-state index is 12.9. The van der Waals surface area contributed by atoms with Gasteiger partial charge in [0.05, 0.1) is 25.4 Å². The number of ether oxygens (including phenoxy) is 2. The minimum absolute atomic E-state index is 0.00118. The maximum atomic E-state index is 12.9. The van der Waals surface area contributed by atoms with Crippen LogP contribution in [0.15, 0.2) is 42.7 Å². The summed E-state index contributed by atoms with van der Waals surface area (Å²) in [6.07, 6.45) is 0.186. The van der Waals surface area contributed by atoms with Gasteiger partial charge in [-0.1, -0.05) is 12.1 Å². The Kier molecular flexibility index (Phi) is 7.98. The van der Waals surface area contributed by atoms with E-state index in [1.807, 2.05) is 42.3 Å². The molecule has 11 heteroatoms. The molecule has 0 radical (unpaired) electrons. The standard InChI is InChI=1S/C20H23N3O3.C2HF3O2/c1-14-4-2-6-16(22-14)20(24)23-10-11-25-19-17(23)7-8-18(19)26-13-15-5-3-9-21-12-15;3-2(4,5)1(6)7/h2-6,9,12,17-19H,7-8,10-11,13H2,1H3;(H,6,7)/t17-,18+,19+;/m0./s1. The zero-order chi connectivity index (χ0) is 24.0. The minimum Gasteiger partial charge on any atom is -0.475 e. The van der Waals surface area contributed by atoms with E-state index in [9.17, 15) is 18.0 Å². The molecule has 2 aromatic heterocycles. The lowest BCUT2D eigenvalue weighted by molar-refractivity contribution is -0.192. The lowest BCUT2D eigenvalue weighted by Crippen LogP contribution is -2.54. The number of morpholine rings is 1. The number of pyridine rings is 2. The van der Waals surface area contributed by atoms with Gasteiger partial charge in [0, 0.05) is 24.6 Å². The third kappa shape index (κ3) is 6.48. The van der Waals surface area contributed by atoms with Gasteiger partial charge in [-0.25, -0.2) is 9.78 Å². The van der Waals surface area contributed by atoms with Crippen molar-refractivity contribution in [2.75, 3.05) is 13.2 Å². The fourth-order valence-electron chi connectivity index (χ4n) is 3.84. The molecule has 4 rings (SSSR count). The van der Waals surface area contributed by atoms with Crippen molar-refractivity contribution in [2.45, 2.75) is 50.8 Å². The molecule has 2 aliphatic rings. The average molecular weight is 467 g/mol. The van der Waals surface area contributed by atoms with Crippen LogP contribution in [0.2, 0.25) is 0 Å². The van der Waals surface area contributed by atoms with Crippen LogP contribution in [-0.4, -0.2) is 69.4 Å². The number of rotatable bonds is 4. The van der Waals surface area contributed by atoms with Crippen molar-refractivity contribution in [1.29, 1.82) is 0 Å². The highest BCUT2D eigenvalue weighted by Crippen LogP contribution is 2.33. The number of hydrogen-bond donors (Lipinski definition) is 1. The predicted octanol–water partition coefficient (Wildman–Crippen LogP) is 3.01. The molecule has 1 N–H and O–H groups in total. The van der Waals surface area contributed by atoms with Crippen LogP contribution in [0.3, 0.4) is 0 Å². The highest BCUT2D eigenvalue weighted by molar-refractivity contribution is 5.92. The second-order valence-corrected chi connectivity index (χ2v) is 7.66. The first-order chi connectivity index (χ1) is 15.7. The molecule has 0 bridgehead atoms. The number of aryl methyl sites for hydroxylation is 1. The van der Waals surface area contributed by atoms with Crippen molar-refractivity contribution in [3.8, 4) is 0 Å². The quantitative estimate of drug-likeness (QED) is 0.738. The van der Waals surface area contributed by atoms with Crippen LogP contribution in [0.1, 0.15) is 34.6 Å². The van der Waals surface area contributed by atoms with E-state index in [1.165, 1.54) is 0 Å². The number of halogens is 3. The smallest absolute Gasteiger partial charge is 0.475 e. The third-order valence-corrected chi connectivity index (χ3v) is 5.33. The van der Waals surface area contributed by atoms with E-state index in [1.54, 1.807) is 12.3 Å². The lowest BCUT2D eigenvalue weighted by atomic mass is 10.1. The summed E-state index contributed by atoms with van der Waals surface area (Å²) in [5.41, 5.74) is 2.40. The summed E-state index contributed by atoms with van der Waals surface area (Å²) in [5, 5.41) is 7.12. The van der Waals surface area contributed by atoms with E-state index in [2.05, 4.69) is 9.97 Å². The van der Waals surface area contributed by atoms with Crippen LogP contribution >= 0.6 is 0 Å². The summed E-state index contributed by atoms with van der Waals surface area (Å²) in [7, 11) is 0. The number of aromatic nitrogens is 2. The molecular formula is C22H24F3N3O5. The molecule has 2 fully saturated rings. The van der Waals surface area contributed by atoms with Crippen molar-refractivity contribution in [3.05, 3.63) is 59.7 Å². The Hall–Kier alpha value is -3.05. The molecule has 1 saturated carbocycles. The second kappa shape index (κ2) is 10.7. The highest BCUT2D eigenvalue weighted by atomic mass is 19.4. The van der Waals surface area contributed by atoms with Gasteiger partial charge in [-0.15, -0.1) is 0 Å². The van der Waals surface area contributed by atoms with Gasteiger partial charge < -0.3 is 19.5 Å². The molecule has 1 saturated heterocycles. The number of amides is 1. The van der Waals surface area contributed by atoms with Crippen LogP contribution < -0.4 is 0 Å². The third-order valence-electron chi connectivity index (χ3n) is 5.33. The average Bonchev–Trinajstić information content (AvgIpc) is 3.21. The van der Waals surface area contributed by atoms with E-state index >= 15 is 0 Å². The molecule has 0 unspecified atom stereocenters. The van der Waals surface area contributed by atoms with E-state index in [4.69, 9.17) is 19.4 Å². The Morgan fingerprint density at radius 2 is 2.00 bits per heavy atom. The largest absolute Gasteiger partial charge is 0.490 e. The molecule has 1 aliphatic carbocycles. The van der Waals surface area contributed by atoms with Crippen LogP contribution in [0.4, 0.5) is 13.2 Å². The molecule has 3 heterocycles. The lowest BCUT2D eigenvalue weighted by Gasteiger charge is -2.38. The van der Waals surface area contributed by atoms with E-state index in [0.29, 0.717) is 25.5 Å². The molecule has 33 heavy (non-hydrogen) atoms. The molecule has 178 valence electrons. The number of fused-ring (bicyclic) bond motifs is 1. The number of carboxylic acids is 1. The molecular weight excluding hydrogens is 443 g/mol. The Bertz CT molecular complexity index is 958. The summed E-state index contributed by atoms with van der Waals surface area (Å²) < 4.78 is 43.8. The topological polar surface area (TPSA) is 102 Å². The van der Waals surface area contributed by atoms with Gasteiger partial charge in [-0.2, -0.15) is 13.2 Å². The Balaban J connectivity index is 0.000000383. The SMILES string of the molecule is Cc1cccc(C(=O)N2CCO[C@H]3[C@H](OCc4cccnc4)CC[C@@H]32)n1.O=C(O)C(F)(F)F. The van der Waals surface area contributed by atoms with E-state index < -0.39 is 12.1 Å². The van der Waals surface area contributed by atoms with Gasteiger partial charge >= 0.3 is 12.1 Å². The number of carbonyl (C=O) groups is 2. The number of nitrogens with zero attached hydrogens (tertiary/aromatic N) is 3. The number of carboxylic acid groups (broad SMARTS) is 1. The summed E-state index contributed by atoms with van der Waals surface area (Å²) in [6.45, 7) is 3.55. The Morgan fingerprint density at radius 1 is 1.24 bits per heavy atom. The van der Waals surface area contributed by atoms with Crippen molar-refractivity contribution < 1.29 is 37.3 Å². The first-order valence-electron chi connectivity index (χ1n) is 10.3. The Morgan fingerprint density at radius 3 is 2.64 bits per heavy atom. The monoisotopic (exact) mass is 467 g/mol. The van der Waals surface area contributed by atoms with Gasteiger partial charge in [-0.05, 0) is 43.5 Å². The van der Waals surface area contributed by atoms with Gasteiger partial charge in [0.25, 0.3) is 5.91 Å². The fraction of sp³-hybridized carbons (Fsp3) is 0.455. The molecule has 1 amide bonds. The Labute approximate surface area is 188 Å². The normalized spacial score (nSPS) is 22.2. The molecule has 8 nitrogen and oxygen atoms in total. The number of carbonyl (C=O) groups excluding carboxylic acids is 1. The zero-order valence-electron chi connectivity index (χ0n) is 17.9. The van der Waals surface area contributed by atoms with Gasteiger partial charge in [0.1, 0.15) is 11.8 Å². The molecule has 0 aromatic carbocycles. The van der Waals surface area contributed by atoms with Crippen molar-refractivity contribution in [3.63, 3.8) is 0 Å². The highest BCUT2D eigenvalue weighted by Gasteiger charge is 2.45. The summed E-state index contributed by atoms with van der Waals surface area (Å²) >= 11 is 0. The molecule has 3 atom stereocenters. The summed E-state index contributed by atoms with van der Waals surface area (Å²) in [5.74, 6) is -2.77. The molecule has 0 spiro atoms. The van der Waals surface area contributed by atoms with Crippen LogP contribution in [0, 0.1) is 6.92 Å². The van der Waals surface area contributed by atoms with Gasteiger partial charge in [0.2, 0.25) is 0 Å². The fourth-order valence-corrected chi connectivity index (χ4v) is 3.84. The van der Waals surface area contributed by atoms with E-state index in [-0.39, 0.29) is 24.2 Å². The van der Waals surface area contributed by atoms with Crippen molar-refractivity contribution in [2.24, 2.45) is 0 Å². The molecule has 2 aromatic rings. The van der Waals surface area contributed by atoms with Crippen LogP contribution in [0.25, 0.3) is 0 Å². The minimum atomic E-state index is -5.08.